The van der Waals surface area contributed by atoms with Crippen molar-refractivity contribution in [2.45, 2.75) is 6.04 Å². The fraction of sp³-hybridized carbons (Fsp3) is 0.190. The molecule has 0 amide bonds. The second-order valence-electron chi connectivity index (χ2n) is 7.01. The summed E-state index contributed by atoms with van der Waals surface area (Å²) in [5, 5.41) is 21.9. The third-order valence-electron chi connectivity index (χ3n) is 5.36. The first-order valence-corrected chi connectivity index (χ1v) is 9.68. The molecule has 2 N–H and O–H groups in total. The lowest BCUT2D eigenvalue weighted by atomic mass is 9.92. The van der Waals surface area contributed by atoms with Crippen LogP contribution < -0.4 is 25.1 Å². The quantitative estimate of drug-likeness (QED) is 0.428. The van der Waals surface area contributed by atoms with Crippen molar-refractivity contribution in [3.63, 3.8) is 0 Å². The molecule has 0 fully saturated rings. The maximum Gasteiger partial charge on any atom is 0.288 e. The summed E-state index contributed by atoms with van der Waals surface area (Å²) in [5.41, 5.74) is 2.72. The minimum absolute atomic E-state index is 0.327. The molecule has 2 aromatic heterocycles. The molecule has 0 saturated heterocycles. The van der Waals surface area contributed by atoms with Crippen molar-refractivity contribution >= 4 is 11.6 Å². The Bertz CT molecular complexity index is 1350. The van der Waals surface area contributed by atoms with Gasteiger partial charge in [0.25, 0.3) is 5.56 Å². The van der Waals surface area contributed by atoms with E-state index in [1.807, 2.05) is 30.3 Å². The van der Waals surface area contributed by atoms with E-state index in [0.29, 0.717) is 40.1 Å². The third kappa shape index (κ3) is 3.02. The highest BCUT2D eigenvalue weighted by molar-refractivity contribution is 5.76. The van der Waals surface area contributed by atoms with Crippen LogP contribution in [0.25, 0.3) is 11.3 Å². The van der Waals surface area contributed by atoms with Gasteiger partial charge in [-0.15, -0.1) is 0 Å². The summed E-state index contributed by atoms with van der Waals surface area (Å²) in [4.78, 5) is 12.8. The number of aromatic nitrogens is 6. The highest BCUT2D eigenvalue weighted by atomic mass is 16.5. The summed E-state index contributed by atoms with van der Waals surface area (Å²) < 4.78 is 17.7. The van der Waals surface area contributed by atoms with E-state index < -0.39 is 6.04 Å². The fourth-order valence-corrected chi connectivity index (χ4v) is 3.84. The van der Waals surface area contributed by atoms with Crippen LogP contribution in [-0.2, 0) is 0 Å². The molecule has 4 aromatic rings. The van der Waals surface area contributed by atoms with Crippen LogP contribution in [0.5, 0.6) is 17.2 Å². The van der Waals surface area contributed by atoms with Crippen LogP contribution in [0.4, 0.5) is 11.6 Å². The van der Waals surface area contributed by atoms with Gasteiger partial charge in [-0.25, -0.2) is 5.10 Å². The van der Waals surface area contributed by atoms with E-state index >= 15 is 0 Å². The van der Waals surface area contributed by atoms with Gasteiger partial charge >= 0.3 is 0 Å². The molecule has 0 saturated carbocycles. The van der Waals surface area contributed by atoms with Gasteiger partial charge < -0.3 is 19.5 Å². The monoisotopic (exact) mass is 433 g/mol. The van der Waals surface area contributed by atoms with Gasteiger partial charge in [0.05, 0.1) is 27.0 Å². The van der Waals surface area contributed by atoms with E-state index in [9.17, 15) is 4.79 Å². The lowest BCUT2D eigenvalue weighted by Gasteiger charge is -2.28. The normalized spacial score (nSPS) is 14.2. The maximum atomic E-state index is 12.8. The van der Waals surface area contributed by atoms with Gasteiger partial charge in [0.2, 0.25) is 5.95 Å². The van der Waals surface area contributed by atoms with Crippen LogP contribution in [-0.4, -0.2) is 51.7 Å². The van der Waals surface area contributed by atoms with Crippen molar-refractivity contribution in [2.24, 2.45) is 0 Å². The van der Waals surface area contributed by atoms with Crippen molar-refractivity contribution in [1.82, 2.24) is 30.4 Å². The van der Waals surface area contributed by atoms with Crippen molar-refractivity contribution in [1.29, 1.82) is 0 Å². The number of methoxy groups -OCH3 is 3. The summed E-state index contributed by atoms with van der Waals surface area (Å²) in [6, 6.07) is 12.4. The van der Waals surface area contributed by atoms with Crippen molar-refractivity contribution in [3.05, 3.63) is 63.9 Å². The zero-order valence-electron chi connectivity index (χ0n) is 17.5. The number of aromatic amines is 1. The molecular weight excluding hydrogens is 414 g/mol. The Morgan fingerprint density at radius 2 is 1.75 bits per heavy atom. The molecule has 32 heavy (non-hydrogen) atoms. The molecule has 1 aliphatic rings. The number of nitrogens with zero attached hydrogens (tertiary/aromatic N) is 5. The Hall–Kier alpha value is -4.41. The number of benzene rings is 2. The first-order valence-electron chi connectivity index (χ1n) is 9.68. The molecular formula is C21H19N7O4. The van der Waals surface area contributed by atoms with Gasteiger partial charge in [-0.1, -0.05) is 17.2 Å². The van der Waals surface area contributed by atoms with Gasteiger partial charge in [0.15, 0.2) is 11.5 Å². The van der Waals surface area contributed by atoms with E-state index in [2.05, 4.69) is 31.0 Å². The highest BCUT2D eigenvalue weighted by Crippen LogP contribution is 2.42. The molecule has 5 rings (SSSR count). The Morgan fingerprint density at radius 3 is 2.47 bits per heavy atom. The Morgan fingerprint density at radius 1 is 0.969 bits per heavy atom. The molecule has 11 nitrogen and oxygen atoms in total. The Balaban J connectivity index is 1.76. The summed E-state index contributed by atoms with van der Waals surface area (Å²) in [6.07, 6.45) is 0. The first-order chi connectivity index (χ1) is 15.6. The summed E-state index contributed by atoms with van der Waals surface area (Å²) in [5.74, 6) is 2.19. The number of anilines is 2. The lowest BCUT2D eigenvalue weighted by Crippen LogP contribution is -2.29. The van der Waals surface area contributed by atoms with Gasteiger partial charge in [-0.2, -0.15) is 9.78 Å². The van der Waals surface area contributed by atoms with E-state index in [1.165, 1.54) is 0 Å². The van der Waals surface area contributed by atoms with E-state index in [1.54, 1.807) is 38.1 Å². The SMILES string of the molecule is COc1ccc(C2c3c(-c4ccc(OC)c(OC)c4)n[nH]c(=O)c3Nc3nnnn32)cc1. The van der Waals surface area contributed by atoms with Crippen LogP contribution in [0.15, 0.2) is 47.3 Å². The molecule has 1 aliphatic heterocycles. The second-order valence-corrected chi connectivity index (χ2v) is 7.01. The second kappa shape index (κ2) is 7.69. The van der Waals surface area contributed by atoms with Crippen molar-refractivity contribution in [3.8, 4) is 28.5 Å². The first kappa shape index (κ1) is 19.5. The van der Waals surface area contributed by atoms with Crippen molar-refractivity contribution < 1.29 is 14.2 Å². The molecule has 0 spiro atoms. The average Bonchev–Trinajstić information content (AvgIpc) is 3.31. The molecule has 0 aliphatic carbocycles. The predicted molar refractivity (Wildman–Crippen MR) is 115 cm³/mol. The third-order valence-corrected chi connectivity index (χ3v) is 5.36. The van der Waals surface area contributed by atoms with Crippen LogP contribution in [0.1, 0.15) is 17.2 Å². The zero-order chi connectivity index (χ0) is 22.2. The van der Waals surface area contributed by atoms with Gasteiger partial charge in [-0.3, -0.25) is 4.79 Å². The highest BCUT2D eigenvalue weighted by Gasteiger charge is 2.34. The number of hydrogen-bond acceptors (Lipinski definition) is 9. The number of fused-ring (bicyclic) bond motifs is 2. The Kier molecular flexibility index (Phi) is 4.70. The molecule has 1 atom stereocenters. The van der Waals surface area contributed by atoms with Crippen LogP contribution in [0.2, 0.25) is 0 Å². The van der Waals surface area contributed by atoms with Gasteiger partial charge in [0.1, 0.15) is 17.5 Å². The molecule has 0 radical (unpaired) electrons. The fourth-order valence-electron chi connectivity index (χ4n) is 3.84. The molecule has 162 valence electrons. The molecule has 11 heteroatoms. The largest absolute Gasteiger partial charge is 0.497 e. The molecule has 2 aromatic carbocycles. The number of ether oxygens (including phenoxy) is 3. The van der Waals surface area contributed by atoms with E-state index in [0.717, 1.165) is 11.1 Å². The average molecular weight is 433 g/mol. The Labute approximate surface area is 181 Å². The summed E-state index contributed by atoms with van der Waals surface area (Å²) in [7, 11) is 4.74. The number of nitrogens with one attached hydrogen (secondary N) is 2. The summed E-state index contributed by atoms with van der Waals surface area (Å²) >= 11 is 0. The number of rotatable bonds is 5. The molecule has 3 heterocycles. The molecule has 0 bridgehead atoms. The molecule has 1 unspecified atom stereocenters. The lowest BCUT2D eigenvalue weighted by molar-refractivity contribution is 0.355. The minimum atomic E-state index is -0.500. The van der Waals surface area contributed by atoms with Gasteiger partial charge in [0, 0.05) is 11.1 Å². The van der Waals surface area contributed by atoms with Crippen LogP contribution >= 0.6 is 0 Å². The minimum Gasteiger partial charge on any atom is -0.497 e. The smallest absolute Gasteiger partial charge is 0.288 e. The van der Waals surface area contributed by atoms with Crippen LogP contribution in [0.3, 0.4) is 0 Å². The standard InChI is InChI=1S/C21H19N7O4/c1-30-13-7-4-11(5-8-13)19-16-17(12-6-9-14(31-2)15(10-12)32-3)23-24-20(29)18(16)22-21-25-26-27-28(19)21/h4-10,19H,1-3H3,(H,24,29)(H,22,25,27). The zero-order valence-corrected chi connectivity index (χ0v) is 17.5. The predicted octanol–water partition coefficient (Wildman–Crippen LogP) is 2.14. The summed E-state index contributed by atoms with van der Waals surface area (Å²) in [6.45, 7) is 0. The number of hydrogen-bond donors (Lipinski definition) is 2. The topological polar surface area (TPSA) is 129 Å². The van der Waals surface area contributed by atoms with Crippen LogP contribution in [0, 0.1) is 0 Å². The van der Waals surface area contributed by atoms with Crippen molar-refractivity contribution in [2.75, 3.05) is 26.6 Å². The van der Waals surface area contributed by atoms with Gasteiger partial charge in [-0.05, 0) is 46.3 Å². The number of tetrazole rings is 1. The maximum absolute atomic E-state index is 12.8. The van der Waals surface area contributed by atoms with E-state index in [4.69, 9.17) is 14.2 Å². The number of H-pyrrole nitrogens is 1. The van der Waals surface area contributed by atoms with E-state index in [-0.39, 0.29) is 5.56 Å².